The van der Waals surface area contributed by atoms with Crippen molar-refractivity contribution in [2.45, 2.75) is 26.7 Å². The monoisotopic (exact) mass is 163 g/mol. The molecule has 1 heteroatoms. The van der Waals surface area contributed by atoms with Gasteiger partial charge in [-0.15, -0.1) is 0 Å². The first-order valence-corrected chi connectivity index (χ1v) is 4.58. The van der Waals surface area contributed by atoms with E-state index in [2.05, 4.69) is 31.3 Å². The van der Waals surface area contributed by atoms with Crippen LogP contribution in [0, 0.1) is 5.92 Å². The summed E-state index contributed by atoms with van der Waals surface area (Å²) in [6, 6.07) is 0. The standard InChI is InChI=1S/C11H17N/c1-10(2)7-8-11-6-4-3-5-9-12-11/h3-6,9-10,12H,7-8H2,1-2H3. The van der Waals surface area contributed by atoms with Crippen molar-refractivity contribution in [2.24, 2.45) is 5.92 Å². The number of rotatable bonds is 3. The van der Waals surface area contributed by atoms with Crippen molar-refractivity contribution in [3.8, 4) is 0 Å². The highest BCUT2D eigenvalue weighted by atomic mass is 14.8. The van der Waals surface area contributed by atoms with Crippen LogP contribution in [0.3, 0.4) is 0 Å². The van der Waals surface area contributed by atoms with E-state index in [1.165, 1.54) is 12.1 Å². The van der Waals surface area contributed by atoms with Gasteiger partial charge in [0.25, 0.3) is 0 Å². The van der Waals surface area contributed by atoms with Gasteiger partial charge in [0, 0.05) is 11.9 Å². The maximum absolute atomic E-state index is 3.26. The van der Waals surface area contributed by atoms with Gasteiger partial charge in [-0.25, -0.2) is 0 Å². The van der Waals surface area contributed by atoms with Gasteiger partial charge in [0.05, 0.1) is 0 Å². The zero-order valence-electron chi connectivity index (χ0n) is 7.88. The highest BCUT2D eigenvalue weighted by Crippen LogP contribution is 2.10. The van der Waals surface area contributed by atoms with Crippen molar-refractivity contribution in [3.63, 3.8) is 0 Å². The molecule has 0 radical (unpaired) electrons. The van der Waals surface area contributed by atoms with Gasteiger partial charge in [0.2, 0.25) is 0 Å². The number of hydrogen-bond donors (Lipinski definition) is 1. The summed E-state index contributed by atoms with van der Waals surface area (Å²) in [5, 5.41) is 3.26. The molecule has 1 N–H and O–H groups in total. The fourth-order valence-corrected chi connectivity index (χ4v) is 1.09. The molecule has 1 aliphatic rings. The molecule has 0 aliphatic carbocycles. The molecule has 0 aromatic carbocycles. The lowest BCUT2D eigenvalue weighted by molar-refractivity contribution is 0.576. The SMILES string of the molecule is CC(C)CCC1=CC=CC=CN1. The Morgan fingerprint density at radius 2 is 2.08 bits per heavy atom. The van der Waals surface area contributed by atoms with E-state index in [1.807, 2.05) is 18.4 Å². The van der Waals surface area contributed by atoms with E-state index in [0.29, 0.717) is 0 Å². The first kappa shape index (κ1) is 9.11. The fraction of sp³-hybridized carbons (Fsp3) is 0.455. The zero-order chi connectivity index (χ0) is 8.81. The fourth-order valence-electron chi connectivity index (χ4n) is 1.09. The third-order valence-electron chi connectivity index (χ3n) is 1.88. The Labute approximate surface area is 74.9 Å². The third-order valence-corrected chi connectivity index (χ3v) is 1.88. The Hall–Kier alpha value is -0.980. The minimum Gasteiger partial charge on any atom is -0.365 e. The van der Waals surface area contributed by atoms with Crippen molar-refractivity contribution >= 4 is 0 Å². The summed E-state index contributed by atoms with van der Waals surface area (Å²) in [6.45, 7) is 4.51. The highest BCUT2D eigenvalue weighted by Gasteiger charge is 1.97. The number of hydrogen-bond acceptors (Lipinski definition) is 1. The van der Waals surface area contributed by atoms with Crippen LogP contribution in [0.5, 0.6) is 0 Å². The summed E-state index contributed by atoms with van der Waals surface area (Å²) in [6.07, 6.45) is 12.6. The zero-order valence-corrected chi connectivity index (χ0v) is 7.88. The molecule has 12 heavy (non-hydrogen) atoms. The van der Waals surface area contributed by atoms with Crippen molar-refractivity contribution in [3.05, 3.63) is 36.2 Å². The van der Waals surface area contributed by atoms with Gasteiger partial charge in [0.15, 0.2) is 0 Å². The van der Waals surface area contributed by atoms with Crippen LogP contribution in [-0.2, 0) is 0 Å². The predicted octanol–water partition coefficient (Wildman–Crippen LogP) is 2.98. The Morgan fingerprint density at radius 1 is 1.25 bits per heavy atom. The predicted molar refractivity (Wildman–Crippen MR) is 53.6 cm³/mol. The number of nitrogens with one attached hydrogen (secondary N) is 1. The molecular formula is C11H17N. The van der Waals surface area contributed by atoms with Gasteiger partial charge in [-0.2, -0.15) is 0 Å². The molecule has 0 aromatic rings. The summed E-state index contributed by atoms with van der Waals surface area (Å²) in [7, 11) is 0. The molecule has 0 bridgehead atoms. The van der Waals surface area contributed by atoms with Crippen molar-refractivity contribution in [1.29, 1.82) is 0 Å². The average molecular weight is 163 g/mol. The second-order valence-electron chi connectivity index (χ2n) is 3.51. The molecular weight excluding hydrogens is 146 g/mol. The van der Waals surface area contributed by atoms with E-state index in [1.54, 1.807) is 0 Å². The Morgan fingerprint density at radius 3 is 2.83 bits per heavy atom. The molecule has 0 spiro atoms. The molecule has 0 aromatic heterocycles. The normalized spacial score (nSPS) is 15.8. The lowest BCUT2D eigenvalue weighted by atomic mass is 10.1. The minimum absolute atomic E-state index is 0.781. The van der Waals surface area contributed by atoms with Gasteiger partial charge >= 0.3 is 0 Å². The molecule has 1 rings (SSSR count). The Bertz CT molecular complexity index is 209. The summed E-state index contributed by atoms with van der Waals surface area (Å²) in [5.74, 6) is 0.781. The summed E-state index contributed by atoms with van der Waals surface area (Å²) in [5.41, 5.74) is 1.31. The molecule has 0 saturated carbocycles. The maximum atomic E-state index is 3.26. The Balaban J connectivity index is 2.36. The second-order valence-corrected chi connectivity index (χ2v) is 3.51. The lowest BCUT2D eigenvalue weighted by Crippen LogP contribution is -2.04. The van der Waals surface area contributed by atoms with Crippen molar-refractivity contribution in [2.75, 3.05) is 0 Å². The van der Waals surface area contributed by atoms with Crippen LogP contribution < -0.4 is 5.32 Å². The van der Waals surface area contributed by atoms with Crippen molar-refractivity contribution < 1.29 is 0 Å². The first-order chi connectivity index (χ1) is 5.79. The van der Waals surface area contributed by atoms with Gasteiger partial charge < -0.3 is 5.32 Å². The quantitative estimate of drug-likeness (QED) is 0.674. The van der Waals surface area contributed by atoms with E-state index in [4.69, 9.17) is 0 Å². The van der Waals surface area contributed by atoms with E-state index in [-0.39, 0.29) is 0 Å². The molecule has 0 unspecified atom stereocenters. The van der Waals surface area contributed by atoms with E-state index in [9.17, 15) is 0 Å². The lowest BCUT2D eigenvalue weighted by Gasteiger charge is -2.07. The molecule has 0 amide bonds. The highest BCUT2D eigenvalue weighted by molar-refractivity contribution is 5.20. The van der Waals surface area contributed by atoms with Crippen molar-refractivity contribution in [1.82, 2.24) is 5.32 Å². The van der Waals surface area contributed by atoms with Crippen LogP contribution in [0.2, 0.25) is 0 Å². The molecule has 66 valence electrons. The van der Waals surface area contributed by atoms with Crippen LogP contribution >= 0.6 is 0 Å². The van der Waals surface area contributed by atoms with Crippen LogP contribution in [0.4, 0.5) is 0 Å². The smallest absolute Gasteiger partial charge is 0.0146 e. The molecule has 1 aliphatic heterocycles. The minimum atomic E-state index is 0.781. The molecule has 0 saturated heterocycles. The van der Waals surface area contributed by atoms with Crippen LogP contribution in [0.15, 0.2) is 36.2 Å². The van der Waals surface area contributed by atoms with Gasteiger partial charge in [-0.1, -0.05) is 26.0 Å². The van der Waals surface area contributed by atoms with Gasteiger partial charge in [-0.3, -0.25) is 0 Å². The topological polar surface area (TPSA) is 12.0 Å². The average Bonchev–Trinajstić information content (AvgIpc) is 2.28. The maximum Gasteiger partial charge on any atom is 0.0146 e. The van der Waals surface area contributed by atoms with Crippen LogP contribution in [0.25, 0.3) is 0 Å². The van der Waals surface area contributed by atoms with E-state index in [0.717, 1.165) is 12.3 Å². The summed E-state index contributed by atoms with van der Waals surface area (Å²) < 4.78 is 0. The molecule has 0 fully saturated rings. The van der Waals surface area contributed by atoms with E-state index >= 15 is 0 Å². The second kappa shape index (κ2) is 4.81. The van der Waals surface area contributed by atoms with Crippen LogP contribution in [0.1, 0.15) is 26.7 Å². The third kappa shape index (κ3) is 3.42. The van der Waals surface area contributed by atoms with Gasteiger partial charge in [0.1, 0.15) is 0 Å². The first-order valence-electron chi connectivity index (χ1n) is 4.58. The molecule has 1 heterocycles. The summed E-state index contributed by atoms with van der Waals surface area (Å²) >= 11 is 0. The largest absolute Gasteiger partial charge is 0.365 e. The Kier molecular flexibility index (Phi) is 3.65. The van der Waals surface area contributed by atoms with Crippen LogP contribution in [-0.4, -0.2) is 0 Å². The molecule has 1 nitrogen and oxygen atoms in total. The van der Waals surface area contributed by atoms with Gasteiger partial charge in [-0.05, 0) is 30.9 Å². The van der Waals surface area contributed by atoms with E-state index < -0.39 is 0 Å². The molecule has 0 atom stereocenters. The summed E-state index contributed by atoms with van der Waals surface area (Å²) in [4.78, 5) is 0. The number of allylic oxidation sites excluding steroid dienone is 5.